The van der Waals surface area contributed by atoms with E-state index >= 15 is 0 Å². The zero-order chi connectivity index (χ0) is 21.4. The fraction of sp³-hybridized carbons (Fsp3) is 0.348. The summed E-state index contributed by atoms with van der Waals surface area (Å²) < 4.78 is 7.72. The summed E-state index contributed by atoms with van der Waals surface area (Å²) in [6.07, 6.45) is 4.60. The maximum Gasteiger partial charge on any atom is 0.417 e. The first kappa shape index (κ1) is 23.1. The van der Waals surface area contributed by atoms with Crippen LogP contribution in [-0.2, 0) is 12.8 Å². The van der Waals surface area contributed by atoms with Gasteiger partial charge in [0.25, 0.3) is 0 Å². The van der Waals surface area contributed by atoms with Gasteiger partial charge in [-0.3, -0.25) is 4.98 Å². The number of pyridine rings is 1. The van der Waals surface area contributed by atoms with E-state index in [-0.39, 0.29) is 24.5 Å². The second-order valence-corrected chi connectivity index (χ2v) is 8.45. The first-order valence-electron chi connectivity index (χ1n) is 10.2. The van der Waals surface area contributed by atoms with Crippen LogP contribution < -0.4 is 4.74 Å². The molecule has 0 aliphatic heterocycles. The first-order chi connectivity index (χ1) is 14.4. The molecule has 0 atom stereocenters. The van der Waals surface area contributed by atoms with Crippen molar-refractivity contribution in [1.29, 1.82) is 0 Å². The average molecular weight is 461 g/mol. The normalized spacial score (nSPS) is 12.2. The standard InChI is InChI=1S/C23H25ClN4O2.ClH/c1-14(2)27(15(3)4)23(29)30-22-21-19-9-8-17(24)12-16(19)7-10-20(21)26-28(22)18-6-5-11-25-13-18;/h5-6,8-9,11-15H,7,10H2,1-4H3;1H. The van der Waals surface area contributed by atoms with E-state index in [4.69, 9.17) is 21.4 Å². The minimum Gasteiger partial charge on any atom is -0.390 e. The quantitative estimate of drug-likeness (QED) is 0.498. The van der Waals surface area contributed by atoms with Crippen molar-refractivity contribution in [3.8, 4) is 22.7 Å². The van der Waals surface area contributed by atoms with Gasteiger partial charge in [-0.2, -0.15) is 9.78 Å². The number of nitrogens with zero attached hydrogens (tertiary/aromatic N) is 4. The number of hydrogen-bond acceptors (Lipinski definition) is 4. The second-order valence-electron chi connectivity index (χ2n) is 8.01. The smallest absolute Gasteiger partial charge is 0.390 e. The van der Waals surface area contributed by atoms with E-state index in [0.29, 0.717) is 10.9 Å². The Morgan fingerprint density at radius 1 is 1.16 bits per heavy atom. The van der Waals surface area contributed by atoms with Crippen molar-refractivity contribution < 1.29 is 9.53 Å². The molecule has 0 radical (unpaired) electrons. The fourth-order valence-corrected chi connectivity index (χ4v) is 4.25. The molecule has 8 heteroatoms. The van der Waals surface area contributed by atoms with Crippen molar-refractivity contribution in [2.24, 2.45) is 0 Å². The molecule has 4 rings (SSSR count). The third-order valence-electron chi connectivity index (χ3n) is 5.28. The lowest BCUT2D eigenvalue weighted by atomic mass is 9.90. The Morgan fingerprint density at radius 2 is 1.90 bits per heavy atom. The highest BCUT2D eigenvalue weighted by atomic mass is 35.5. The van der Waals surface area contributed by atoms with Gasteiger partial charge in [0.1, 0.15) is 0 Å². The largest absolute Gasteiger partial charge is 0.417 e. The van der Waals surface area contributed by atoms with Crippen LogP contribution in [-0.4, -0.2) is 37.8 Å². The predicted molar refractivity (Wildman–Crippen MR) is 125 cm³/mol. The predicted octanol–water partition coefficient (Wildman–Crippen LogP) is 5.73. The van der Waals surface area contributed by atoms with Gasteiger partial charge in [0, 0.05) is 23.3 Å². The lowest BCUT2D eigenvalue weighted by Gasteiger charge is -2.29. The maximum absolute atomic E-state index is 13.2. The van der Waals surface area contributed by atoms with Gasteiger partial charge < -0.3 is 9.64 Å². The number of ether oxygens (including phenoxy) is 1. The number of hydrogen-bond donors (Lipinski definition) is 0. The third kappa shape index (κ3) is 4.41. The number of aromatic nitrogens is 3. The minimum atomic E-state index is -0.395. The van der Waals surface area contributed by atoms with Crippen molar-refractivity contribution >= 4 is 30.1 Å². The van der Waals surface area contributed by atoms with Gasteiger partial charge in [-0.1, -0.05) is 17.7 Å². The van der Waals surface area contributed by atoms with Crippen LogP contribution >= 0.6 is 24.0 Å². The summed E-state index contributed by atoms with van der Waals surface area (Å²) in [4.78, 5) is 19.1. The second kappa shape index (κ2) is 9.28. The molecule has 2 heterocycles. The number of benzene rings is 1. The molecule has 1 aliphatic carbocycles. The number of carbonyl (C=O) groups excluding carboxylic acids is 1. The SMILES string of the molecule is CC(C)N(C(=O)Oc1c2c(nn1-c1cccnc1)CCc1cc(Cl)ccc1-2)C(C)C.Cl. The molecule has 6 nitrogen and oxygen atoms in total. The van der Waals surface area contributed by atoms with E-state index in [9.17, 15) is 4.79 Å². The Bertz CT molecular complexity index is 1070. The zero-order valence-corrected chi connectivity index (χ0v) is 19.6. The number of rotatable bonds is 4. The van der Waals surface area contributed by atoms with Crippen LogP contribution in [0.25, 0.3) is 16.8 Å². The highest BCUT2D eigenvalue weighted by Gasteiger charge is 2.31. The number of amides is 1. The van der Waals surface area contributed by atoms with Gasteiger partial charge in [0.05, 0.1) is 23.1 Å². The highest BCUT2D eigenvalue weighted by Crippen LogP contribution is 2.42. The molecule has 31 heavy (non-hydrogen) atoms. The maximum atomic E-state index is 13.2. The molecule has 0 unspecified atom stereocenters. The first-order valence-corrected chi connectivity index (χ1v) is 10.6. The molecule has 1 amide bonds. The summed E-state index contributed by atoms with van der Waals surface area (Å²) in [6, 6.07) is 9.56. The lowest BCUT2D eigenvalue weighted by molar-refractivity contribution is 0.120. The molecular weight excluding hydrogens is 435 g/mol. The summed E-state index contributed by atoms with van der Waals surface area (Å²) >= 11 is 6.22. The molecule has 0 N–H and O–H groups in total. The van der Waals surface area contributed by atoms with E-state index in [0.717, 1.165) is 40.9 Å². The van der Waals surface area contributed by atoms with Gasteiger partial charge in [-0.25, -0.2) is 4.79 Å². The number of carbonyl (C=O) groups is 1. The Hall–Kier alpha value is -2.57. The number of fused-ring (bicyclic) bond motifs is 3. The van der Waals surface area contributed by atoms with Crippen molar-refractivity contribution in [3.63, 3.8) is 0 Å². The van der Waals surface area contributed by atoms with Crippen molar-refractivity contribution in [2.75, 3.05) is 0 Å². The van der Waals surface area contributed by atoms with Crippen LogP contribution in [0.15, 0.2) is 42.7 Å². The van der Waals surface area contributed by atoms with Crippen LogP contribution in [0.4, 0.5) is 4.79 Å². The molecule has 1 aromatic carbocycles. The minimum absolute atomic E-state index is 0. The van der Waals surface area contributed by atoms with E-state index in [1.165, 1.54) is 0 Å². The molecule has 1 aliphatic rings. The van der Waals surface area contributed by atoms with Crippen molar-refractivity contribution in [1.82, 2.24) is 19.7 Å². The van der Waals surface area contributed by atoms with E-state index in [1.807, 2.05) is 58.0 Å². The van der Waals surface area contributed by atoms with Crippen LogP contribution in [0, 0.1) is 0 Å². The monoisotopic (exact) mass is 460 g/mol. The van der Waals surface area contributed by atoms with Crippen molar-refractivity contribution in [2.45, 2.75) is 52.6 Å². The van der Waals surface area contributed by atoms with E-state index in [1.54, 1.807) is 22.0 Å². The van der Waals surface area contributed by atoms with Gasteiger partial charge in [0.2, 0.25) is 5.88 Å². The van der Waals surface area contributed by atoms with Gasteiger partial charge in [-0.15, -0.1) is 12.4 Å². The van der Waals surface area contributed by atoms with Crippen LogP contribution in [0.5, 0.6) is 5.88 Å². The summed E-state index contributed by atoms with van der Waals surface area (Å²) in [5, 5.41) is 5.49. The van der Waals surface area contributed by atoms with Crippen molar-refractivity contribution in [3.05, 3.63) is 59.0 Å². The molecule has 2 aromatic heterocycles. The summed E-state index contributed by atoms with van der Waals surface area (Å²) in [6.45, 7) is 7.91. The molecule has 0 fully saturated rings. The fourth-order valence-electron chi connectivity index (χ4n) is 4.06. The molecular formula is C23H26Cl2N4O2. The molecule has 0 saturated carbocycles. The van der Waals surface area contributed by atoms with Gasteiger partial charge in [0.15, 0.2) is 0 Å². The number of aryl methyl sites for hydroxylation is 2. The summed E-state index contributed by atoms with van der Waals surface area (Å²) in [5.74, 6) is 0.414. The Balaban J connectivity index is 0.00000272. The number of halogens is 2. The average Bonchev–Trinajstić information content (AvgIpc) is 3.06. The Kier molecular flexibility index (Phi) is 6.92. The summed E-state index contributed by atoms with van der Waals surface area (Å²) in [5.41, 5.74) is 4.61. The highest BCUT2D eigenvalue weighted by molar-refractivity contribution is 6.30. The van der Waals surface area contributed by atoms with E-state index < -0.39 is 6.09 Å². The Morgan fingerprint density at radius 3 is 2.55 bits per heavy atom. The van der Waals surface area contributed by atoms with E-state index in [2.05, 4.69) is 4.98 Å². The molecule has 0 bridgehead atoms. The Labute approximate surface area is 193 Å². The van der Waals surface area contributed by atoms with Gasteiger partial charge in [-0.05, 0) is 75.9 Å². The third-order valence-corrected chi connectivity index (χ3v) is 5.52. The zero-order valence-electron chi connectivity index (χ0n) is 18.0. The van der Waals surface area contributed by atoms with Crippen LogP contribution in [0.2, 0.25) is 5.02 Å². The molecule has 164 valence electrons. The molecule has 0 saturated heterocycles. The topological polar surface area (TPSA) is 60.3 Å². The van der Waals surface area contributed by atoms with Crippen LogP contribution in [0.1, 0.15) is 39.0 Å². The van der Waals surface area contributed by atoms with Gasteiger partial charge >= 0.3 is 6.09 Å². The molecule has 3 aromatic rings. The lowest BCUT2D eigenvalue weighted by Crippen LogP contribution is -2.44. The van der Waals surface area contributed by atoms with Crippen LogP contribution in [0.3, 0.4) is 0 Å². The summed E-state index contributed by atoms with van der Waals surface area (Å²) in [7, 11) is 0. The molecule has 0 spiro atoms.